The molecule has 0 spiro atoms. The number of benzene rings is 1. The Morgan fingerprint density at radius 3 is 2.48 bits per heavy atom. The fraction of sp³-hybridized carbons (Fsp3) is 0.536. The molecule has 4 rings (SSSR count). The number of thiazole rings is 1. The van der Waals surface area contributed by atoms with E-state index in [9.17, 15) is 18.0 Å². The molecule has 12 heteroatoms. The minimum absolute atomic E-state index is 0.0669. The van der Waals surface area contributed by atoms with Gasteiger partial charge < -0.3 is 20.4 Å². The standard InChI is InChI=1S/C28H39N5O5S2/c1-7-29-25(34)22-13-18-12-20(24(14-21(18)32-22)40(36,37)33-28(4,5)6)23-15-30-26(39-23)17-8-10-19(11-9-17)31-27(35)38-16(2)3/h12-17,19,32-33H,7-11H2,1-6H3,(H,29,34)(H,31,35). The van der Waals surface area contributed by atoms with Crippen LogP contribution in [0.1, 0.15) is 88.6 Å². The molecule has 2 heterocycles. The van der Waals surface area contributed by atoms with E-state index in [-0.39, 0.29) is 35.0 Å². The van der Waals surface area contributed by atoms with Crippen LogP contribution < -0.4 is 15.4 Å². The number of sulfonamides is 1. The number of nitrogens with one attached hydrogen (secondary N) is 4. The van der Waals surface area contributed by atoms with Crippen LogP contribution in [0.3, 0.4) is 0 Å². The summed E-state index contributed by atoms with van der Waals surface area (Å²) in [5.41, 5.74) is 0.793. The minimum Gasteiger partial charge on any atom is -0.447 e. The number of carbonyl (C=O) groups is 2. The van der Waals surface area contributed by atoms with Gasteiger partial charge in [0.15, 0.2) is 0 Å². The number of nitrogens with zero attached hydrogens (tertiary/aromatic N) is 1. The predicted octanol–water partition coefficient (Wildman–Crippen LogP) is 5.28. The number of fused-ring (bicyclic) bond motifs is 1. The Hall–Kier alpha value is -2.96. The van der Waals surface area contributed by atoms with E-state index < -0.39 is 15.6 Å². The summed E-state index contributed by atoms with van der Waals surface area (Å²) in [4.78, 5) is 33.0. The van der Waals surface area contributed by atoms with Gasteiger partial charge in [-0.3, -0.25) is 4.79 Å². The molecule has 2 amide bonds. The number of aromatic nitrogens is 2. The van der Waals surface area contributed by atoms with Gasteiger partial charge in [-0.2, -0.15) is 0 Å². The van der Waals surface area contributed by atoms with E-state index in [1.165, 1.54) is 11.3 Å². The third-order valence-electron chi connectivity index (χ3n) is 6.56. The summed E-state index contributed by atoms with van der Waals surface area (Å²) in [7, 11) is -3.90. The van der Waals surface area contributed by atoms with Crippen molar-refractivity contribution >= 4 is 44.3 Å². The maximum atomic E-state index is 13.6. The number of carbonyl (C=O) groups excluding carboxylic acids is 2. The van der Waals surface area contributed by atoms with Gasteiger partial charge >= 0.3 is 6.09 Å². The zero-order chi connectivity index (χ0) is 29.2. The highest BCUT2D eigenvalue weighted by atomic mass is 32.2. The van der Waals surface area contributed by atoms with Crippen molar-refractivity contribution in [3.8, 4) is 10.4 Å². The number of aromatic amines is 1. The molecule has 0 atom stereocenters. The summed E-state index contributed by atoms with van der Waals surface area (Å²) in [6, 6.07) is 5.20. The van der Waals surface area contributed by atoms with E-state index in [0.29, 0.717) is 23.3 Å². The lowest BCUT2D eigenvalue weighted by molar-refractivity contribution is 0.0951. The Kier molecular flexibility index (Phi) is 8.91. The molecule has 0 unspecified atom stereocenters. The Bertz CT molecular complexity index is 1480. The highest BCUT2D eigenvalue weighted by Crippen LogP contribution is 2.40. The number of hydrogen-bond acceptors (Lipinski definition) is 7. The predicted molar refractivity (Wildman–Crippen MR) is 157 cm³/mol. The van der Waals surface area contributed by atoms with Gasteiger partial charge in [-0.1, -0.05) is 0 Å². The number of alkyl carbamates (subject to hydrolysis) is 1. The van der Waals surface area contributed by atoms with Crippen LogP contribution in [0.15, 0.2) is 29.3 Å². The molecule has 0 radical (unpaired) electrons. The molecule has 3 aromatic rings. The first-order valence-corrected chi connectivity index (χ1v) is 16.0. The summed E-state index contributed by atoms with van der Waals surface area (Å²) in [5.74, 6) is -0.0221. The Balaban J connectivity index is 1.63. The molecule has 1 aliphatic carbocycles. The third-order valence-corrected chi connectivity index (χ3v) is 9.55. The first kappa shape index (κ1) is 30.0. The molecule has 1 fully saturated rings. The largest absolute Gasteiger partial charge is 0.447 e. The quantitative estimate of drug-likeness (QED) is 0.282. The number of ether oxygens (including phenoxy) is 1. The average molecular weight is 590 g/mol. The molecule has 10 nitrogen and oxygen atoms in total. The number of H-pyrrole nitrogens is 1. The Morgan fingerprint density at radius 2 is 1.85 bits per heavy atom. The topological polar surface area (TPSA) is 142 Å². The normalized spacial score (nSPS) is 18.2. The molecule has 0 bridgehead atoms. The van der Waals surface area contributed by atoms with Crippen molar-refractivity contribution in [3.63, 3.8) is 0 Å². The van der Waals surface area contributed by atoms with E-state index in [0.717, 1.165) is 41.0 Å². The van der Waals surface area contributed by atoms with Gasteiger partial charge in [-0.25, -0.2) is 22.9 Å². The highest BCUT2D eigenvalue weighted by molar-refractivity contribution is 7.89. The van der Waals surface area contributed by atoms with E-state index >= 15 is 0 Å². The summed E-state index contributed by atoms with van der Waals surface area (Å²) in [6.07, 6.45) is 4.55. The highest BCUT2D eigenvalue weighted by Gasteiger charge is 2.29. The molecule has 218 valence electrons. The lowest BCUT2D eigenvalue weighted by Gasteiger charge is -2.28. The second-order valence-electron chi connectivity index (χ2n) is 11.5. The molecule has 0 aliphatic heterocycles. The van der Waals surface area contributed by atoms with Crippen LogP contribution in [0.2, 0.25) is 0 Å². The van der Waals surface area contributed by atoms with Crippen molar-refractivity contribution in [2.24, 2.45) is 0 Å². The molecule has 1 aliphatic rings. The summed E-state index contributed by atoms with van der Waals surface area (Å²) >= 11 is 1.49. The molecular formula is C28H39N5O5S2. The van der Waals surface area contributed by atoms with Crippen LogP contribution >= 0.6 is 11.3 Å². The van der Waals surface area contributed by atoms with E-state index in [1.807, 2.05) is 26.8 Å². The lowest BCUT2D eigenvalue weighted by atomic mass is 9.86. The van der Waals surface area contributed by atoms with Gasteiger partial charge in [0.2, 0.25) is 10.0 Å². The molecule has 2 aromatic heterocycles. The van der Waals surface area contributed by atoms with Crippen LogP contribution in [-0.4, -0.2) is 54.6 Å². The molecule has 1 aromatic carbocycles. The van der Waals surface area contributed by atoms with Gasteiger partial charge in [-0.15, -0.1) is 11.3 Å². The minimum atomic E-state index is -3.90. The van der Waals surface area contributed by atoms with E-state index in [1.54, 1.807) is 39.1 Å². The second kappa shape index (κ2) is 11.9. The Labute approximate surface area is 239 Å². The number of amides is 2. The maximum Gasteiger partial charge on any atom is 0.407 e. The van der Waals surface area contributed by atoms with E-state index in [4.69, 9.17) is 9.72 Å². The zero-order valence-electron chi connectivity index (χ0n) is 23.9. The third kappa shape index (κ3) is 7.21. The average Bonchev–Trinajstić information content (AvgIpc) is 3.49. The fourth-order valence-electron chi connectivity index (χ4n) is 4.91. The van der Waals surface area contributed by atoms with Crippen molar-refractivity contribution in [2.45, 2.75) is 95.7 Å². The first-order chi connectivity index (χ1) is 18.8. The maximum absolute atomic E-state index is 13.6. The van der Waals surface area contributed by atoms with Crippen molar-refractivity contribution in [3.05, 3.63) is 35.1 Å². The van der Waals surface area contributed by atoms with Gasteiger partial charge in [0.1, 0.15) is 5.69 Å². The van der Waals surface area contributed by atoms with Gasteiger partial charge in [0.25, 0.3) is 5.91 Å². The molecular weight excluding hydrogens is 550 g/mol. The monoisotopic (exact) mass is 589 g/mol. The van der Waals surface area contributed by atoms with Gasteiger partial charge in [0, 0.05) is 46.7 Å². The summed E-state index contributed by atoms with van der Waals surface area (Å²) in [5, 5.41) is 7.40. The van der Waals surface area contributed by atoms with Crippen molar-refractivity contribution < 1.29 is 22.7 Å². The van der Waals surface area contributed by atoms with Crippen LogP contribution in [0, 0.1) is 0 Å². The smallest absolute Gasteiger partial charge is 0.407 e. The number of rotatable bonds is 8. The molecule has 0 saturated heterocycles. The van der Waals surface area contributed by atoms with Crippen LogP contribution in [0.4, 0.5) is 4.79 Å². The first-order valence-electron chi connectivity index (χ1n) is 13.7. The number of hydrogen-bond donors (Lipinski definition) is 4. The van der Waals surface area contributed by atoms with Crippen LogP contribution in [0.25, 0.3) is 21.3 Å². The Morgan fingerprint density at radius 1 is 1.15 bits per heavy atom. The summed E-state index contributed by atoms with van der Waals surface area (Å²) < 4.78 is 35.1. The van der Waals surface area contributed by atoms with Crippen molar-refractivity contribution in [2.75, 3.05) is 6.54 Å². The lowest BCUT2D eigenvalue weighted by Crippen LogP contribution is -2.40. The van der Waals surface area contributed by atoms with Crippen molar-refractivity contribution in [1.29, 1.82) is 0 Å². The van der Waals surface area contributed by atoms with E-state index in [2.05, 4.69) is 20.3 Å². The summed E-state index contributed by atoms with van der Waals surface area (Å²) in [6.45, 7) is 11.4. The second-order valence-corrected chi connectivity index (χ2v) is 14.3. The molecule has 40 heavy (non-hydrogen) atoms. The van der Waals surface area contributed by atoms with Gasteiger partial charge in [-0.05, 0) is 85.4 Å². The molecule has 4 N–H and O–H groups in total. The van der Waals surface area contributed by atoms with Crippen molar-refractivity contribution in [1.82, 2.24) is 25.3 Å². The molecule has 1 saturated carbocycles. The SMILES string of the molecule is CCNC(=O)c1cc2cc(-c3cnc(C4CCC(NC(=O)OC(C)C)CC4)s3)c(S(=O)(=O)NC(C)(C)C)cc2[nH]1. The van der Waals surface area contributed by atoms with Crippen LogP contribution in [0.5, 0.6) is 0 Å². The fourth-order valence-corrected chi connectivity index (χ4v) is 7.74. The van der Waals surface area contributed by atoms with Crippen LogP contribution in [-0.2, 0) is 14.8 Å². The zero-order valence-corrected chi connectivity index (χ0v) is 25.5. The van der Waals surface area contributed by atoms with Gasteiger partial charge in [0.05, 0.1) is 20.9 Å².